The number of aromatic amines is 1. The van der Waals surface area contributed by atoms with Crippen molar-refractivity contribution >= 4 is 15.8 Å². The van der Waals surface area contributed by atoms with Crippen LogP contribution in [0.4, 0.5) is 0 Å². The summed E-state index contributed by atoms with van der Waals surface area (Å²) >= 11 is 0. The molecular formula is C32H32N6O4S. The van der Waals surface area contributed by atoms with E-state index < -0.39 is 21.8 Å². The summed E-state index contributed by atoms with van der Waals surface area (Å²) in [7, 11) is -0.220. The second kappa shape index (κ2) is 13.6. The molecule has 0 spiro atoms. The van der Waals surface area contributed by atoms with Gasteiger partial charge in [-0.3, -0.25) is 4.79 Å². The standard InChI is InChI=1S/C32H32N6O4S/c1-38(2)20-24-11-8-12-27(19-24)43(40,41)35-30(22-42-21-23-9-4-3-5-10-23)31(39)26-17-15-25(16-18-26)28-13-6-7-14-29(28)32-33-36-37-34-32/h3-19,30,35H,20-22H2,1-2H3,(H,33,34,36,37). The first-order valence-electron chi connectivity index (χ1n) is 13.7. The molecule has 5 aromatic rings. The molecule has 0 radical (unpaired) electrons. The van der Waals surface area contributed by atoms with Crippen LogP contribution >= 0.6 is 0 Å². The number of nitrogens with zero attached hydrogens (tertiary/aromatic N) is 4. The van der Waals surface area contributed by atoms with Crippen molar-refractivity contribution < 1.29 is 17.9 Å². The van der Waals surface area contributed by atoms with E-state index in [0.717, 1.165) is 27.8 Å². The van der Waals surface area contributed by atoms with E-state index in [2.05, 4.69) is 25.3 Å². The highest BCUT2D eigenvalue weighted by atomic mass is 32.2. The van der Waals surface area contributed by atoms with E-state index in [1.165, 1.54) is 6.07 Å². The minimum Gasteiger partial charge on any atom is -0.375 e. The van der Waals surface area contributed by atoms with Gasteiger partial charge in [0.05, 0.1) is 18.1 Å². The van der Waals surface area contributed by atoms with Crippen molar-refractivity contribution in [2.24, 2.45) is 0 Å². The van der Waals surface area contributed by atoms with E-state index in [0.29, 0.717) is 17.9 Å². The molecule has 5 rings (SSSR count). The number of Topliss-reactive ketones (excluding diaryl/α,β-unsaturated/α-hetero) is 1. The first-order chi connectivity index (χ1) is 20.8. The highest BCUT2D eigenvalue weighted by Crippen LogP contribution is 2.30. The van der Waals surface area contributed by atoms with Gasteiger partial charge in [0.2, 0.25) is 15.8 Å². The lowest BCUT2D eigenvalue weighted by atomic mass is 9.96. The molecule has 4 aromatic carbocycles. The SMILES string of the molecule is CN(C)Cc1cccc(S(=O)(=O)NC(COCc2ccccc2)C(=O)c2ccc(-c3ccccc3-c3nn[nH]n3)cc2)c1. The maximum atomic E-state index is 13.8. The van der Waals surface area contributed by atoms with Crippen molar-refractivity contribution in [2.75, 3.05) is 20.7 Å². The summed E-state index contributed by atoms with van der Waals surface area (Å²) in [6, 6.07) is 29.6. The Balaban J connectivity index is 1.39. The largest absolute Gasteiger partial charge is 0.375 e. The highest BCUT2D eigenvalue weighted by molar-refractivity contribution is 7.89. The molecule has 1 heterocycles. The van der Waals surface area contributed by atoms with Crippen molar-refractivity contribution in [3.8, 4) is 22.5 Å². The number of carbonyl (C=O) groups is 1. The Morgan fingerprint density at radius 1 is 0.884 bits per heavy atom. The van der Waals surface area contributed by atoms with Crippen molar-refractivity contribution in [3.05, 3.63) is 120 Å². The second-order valence-electron chi connectivity index (χ2n) is 10.3. The fourth-order valence-corrected chi connectivity index (χ4v) is 5.93. The van der Waals surface area contributed by atoms with Crippen LogP contribution in [0.15, 0.2) is 108 Å². The summed E-state index contributed by atoms with van der Waals surface area (Å²) in [6.45, 7) is 0.664. The lowest BCUT2D eigenvalue weighted by Crippen LogP contribution is -2.44. The molecule has 0 saturated heterocycles. The number of ketones is 1. The minimum absolute atomic E-state index is 0.0844. The monoisotopic (exact) mass is 596 g/mol. The molecule has 1 atom stereocenters. The van der Waals surface area contributed by atoms with Crippen LogP contribution in [0.25, 0.3) is 22.5 Å². The number of nitrogens with one attached hydrogen (secondary N) is 2. The zero-order chi connectivity index (χ0) is 30.2. The zero-order valence-corrected chi connectivity index (χ0v) is 24.7. The van der Waals surface area contributed by atoms with Gasteiger partial charge in [-0.15, -0.1) is 10.2 Å². The number of sulfonamides is 1. The predicted octanol–water partition coefficient (Wildman–Crippen LogP) is 4.34. The van der Waals surface area contributed by atoms with Gasteiger partial charge in [0.15, 0.2) is 5.78 Å². The Bertz CT molecular complexity index is 1760. The number of hydrogen-bond acceptors (Lipinski definition) is 8. The van der Waals surface area contributed by atoms with Crippen LogP contribution < -0.4 is 4.72 Å². The summed E-state index contributed by atoms with van der Waals surface area (Å²) < 4.78 is 35.4. The Morgan fingerprint density at radius 2 is 1.58 bits per heavy atom. The van der Waals surface area contributed by atoms with Gasteiger partial charge in [-0.2, -0.15) is 9.94 Å². The van der Waals surface area contributed by atoms with Crippen LogP contribution in [0, 0.1) is 0 Å². The molecule has 43 heavy (non-hydrogen) atoms. The van der Waals surface area contributed by atoms with E-state index in [4.69, 9.17) is 4.74 Å². The van der Waals surface area contributed by atoms with Gasteiger partial charge in [0.25, 0.3) is 0 Å². The number of ether oxygens (including phenoxy) is 1. The van der Waals surface area contributed by atoms with E-state index in [1.54, 1.807) is 24.3 Å². The molecule has 0 saturated carbocycles. The molecular weight excluding hydrogens is 564 g/mol. The Hall–Kier alpha value is -4.55. The van der Waals surface area contributed by atoms with Crippen molar-refractivity contribution in [1.29, 1.82) is 0 Å². The van der Waals surface area contributed by atoms with Crippen molar-refractivity contribution in [1.82, 2.24) is 30.2 Å². The van der Waals surface area contributed by atoms with Gasteiger partial charge in [0.1, 0.15) is 6.04 Å². The summed E-state index contributed by atoms with van der Waals surface area (Å²) in [5.74, 6) is 0.0505. The molecule has 220 valence electrons. The fraction of sp³-hybridized carbons (Fsp3) is 0.188. The molecule has 0 fully saturated rings. The minimum atomic E-state index is -4.04. The molecule has 10 nitrogen and oxygen atoms in total. The lowest BCUT2D eigenvalue weighted by Gasteiger charge is -2.19. The Morgan fingerprint density at radius 3 is 2.28 bits per heavy atom. The topological polar surface area (TPSA) is 130 Å². The first kappa shape index (κ1) is 29.9. The van der Waals surface area contributed by atoms with Gasteiger partial charge in [-0.1, -0.05) is 91.0 Å². The number of H-pyrrole nitrogens is 1. The fourth-order valence-electron chi connectivity index (χ4n) is 4.68. The number of tetrazole rings is 1. The maximum Gasteiger partial charge on any atom is 0.241 e. The molecule has 1 aromatic heterocycles. The summed E-state index contributed by atoms with van der Waals surface area (Å²) in [4.78, 5) is 15.8. The Labute approximate surface area is 250 Å². The van der Waals surface area contributed by atoms with Gasteiger partial charge in [-0.05, 0) is 53.7 Å². The molecule has 0 bridgehead atoms. The number of aromatic nitrogens is 4. The van der Waals surface area contributed by atoms with Crippen molar-refractivity contribution in [2.45, 2.75) is 24.1 Å². The van der Waals surface area contributed by atoms with Crippen LogP contribution in [0.2, 0.25) is 0 Å². The van der Waals surface area contributed by atoms with E-state index in [-0.39, 0.29) is 18.1 Å². The van der Waals surface area contributed by atoms with Gasteiger partial charge in [0, 0.05) is 17.7 Å². The van der Waals surface area contributed by atoms with Crippen molar-refractivity contribution in [3.63, 3.8) is 0 Å². The smallest absolute Gasteiger partial charge is 0.241 e. The second-order valence-corrected chi connectivity index (χ2v) is 12.0. The summed E-state index contributed by atoms with van der Waals surface area (Å²) in [6.07, 6.45) is 0. The number of carbonyl (C=O) groups excluding carboxylic acids is 1. The maximum absolute atomic E-state index is 13.8. The Kier molecular flexibility index (Phi) is 9.48. The predicted molar refractivity (Wildman–Crippen MR) is 163 cm³/mol. The molecule has 0 aliphatic carbocycles. The zero-order valence-electron chi connectivity index (χ0n) is 23.8. The van der Waals surface area contributed by atoms with Gasteiger partial charge >= 0.3 is 0 Å². The van der Waals surface area contributed by atoms with E-state index >= 15 is 0 Å². The number of benzene rings is 4. The van der Waals surface area contributed by atoms with Crippen LogP contribution in [0.5, 0.6) is 0 Å². The number of rotatable bonds is 13. The lowest BCUT2D eigenvalue weighted by molar-refractivity contribution is 0.0762. The third kappa shape index (κ3) is 7.65. The normalized spacial score (nSPS) is 12.3. The molecule has 11 heteroatoms. The molecule has 1 unspecified atom stereocenters. The van der Waals surface area contributed by atoms with Gasteiger partial charge in [-0.25, -0.2) is 8.42 Å². The number of hydrogen-bond donors (Lipinski definition) is 2. The molecule has 0 amide bonds. The van der Waals surface area contributed by atoms with Gasteiger partial charge < -0.3 is 9.64 Å². The third-order valence-electron chi connectivity index (χ3n) is 6.71. The molecule has 0 aliphatic heterocycles. The average molecular weight is 597 g/mol. The third-order valence-corrected chi connectivity index (χ3v) is 8.18. The highest BCUT2D eigenvalue weighted by Gasteiger charge is 2.27. The average Bonchev–Trinajstić information content (AvgIpc) is 3.56. The van der Waals surface area contributed by atoms with Crippen LogP contribution in [-0.2, 0) is 27.9 Å². The quantitative estimate of drug-likeness (QED) is 0.192. The van der Waals surface area contributed by atoms with E-state index in [9.17, 15) is 13.2 Å². The van der Waals surface area contributed by atoms with Crippen LogP contribution in [-0.4, -0.2) is 66.5 Å². The van der Waals surface area contributed by atoms with Crippen LogP contribution in [0.1, 0.15) is 21.5 Å². The summed E-state index contributed by atoms with van der Waals surface area (Å²) in [5, 5.41) is 14.3. The van der Waals surface area contributed by atoms with E-state index in [1.807, 2.05) is 91.8 Å². The first-order valence-corrected chi connectivity index (χ1v) is 15.1. The molecule has 0 aliphatic rings. The van der Waals surface area contributed by atoms with Crippen LogP contribution in [0.3, 0.4) is 0 Å². The summed E-state index contributed by atoms with van der Waals surface area (Å²) in [5.41, 5.74) is 4.59. The molecule has 2 N–H and O–H groups in total.